The third-order valence-electron chi connectivity index (χ3n) is 6.65. The Labute approximate surface area is 226 Å². The zero-order valence-corrected chi connectivity index (χ0v) is 23.9. The number of amides is 3. The van der Waals surface area contributed by atoms with E-state index in [1.807, 2.05) is 11.8 Å². The van der Waals surface area contributed by atoms with Gasteiger partial charge in [0.2, 0.25) is 11.8 Å². The molecule has 0 aliphatic carbocycles. The van der Waals surface area contributed by atoms with Gasteiger partial charge in [-0.15, -0.1) is 0 Å². The molecule has 9 nitrogen and oxygen atoms in total. The van der Waals surface area contributed by atoms with Crippen LogP contribution < -0.4 is 10.6 Å². The Morgan fingerprint density at radius 2 is 1.84 bits per heavy atom. The summed E-state index contributed by atoms with van der Waals surface area (Å²) in [4.78, 5) is 42.3. The van der Waals surface area contributed by atoms with Crippen molar-refractivity contribution in [3.63, 3.8) is 0 Å². The number of nitrogens with zero attached hydrogens (tertiary/aromatic N) is 2. The van der Waals surface area contributed by atoms with Crippen LogP contribution in [0.4, 0.5) is 9.18 Å². The zero-order valence-electron chi connectivity index (χ0n) is 23.9. The highest BCUT2D eigenvalue weighted by Crippen LogP contribution is 2.20. The first-order valence-corrected chi connectivity index (χ1v) is 13.5. The van der Waals surface area contributed by atoms with Gasteiger partial charge in [0.1, 0.15) is 23.5 Å². The molecule has 1 aliphatic rings. The van der Waals surface area contributed by atoms with Crippen LogP contribution in [0.15, 0.2) is 24.3 Å². The fourth-order valence-corrected chi connectivity index (χ4v) is 4.35. The fourth-order valence-electron chi connectivity index (χ4n) is 4.35. The van der Waals surface area contributed by atoms with Crippen LogP contribution in [0.25, 0.3) is 0 Å². The molecule has 0 spiro atoms. The van der Waals surface area contributed by atoms with Crippen molar-refractivity contribution in [1.82, 2.24) is 20.4 Å². The van der Waals surface area contributed by atoms with Crippen LogP contribution in [-0.2, 0) is 25.5 Å². The third kappa shape index (κ3) is 9.54. The van der Waals surface area contributed by atoms with E-state index in [2.05, 4.69) is 10.6 Å². The van der Waals surface area contributed by atoms with Gasteiger partial charge in [0, 0.05) is 32.8 Å². The summed E-state index contributed by atoms with van der Waals surface area (Å²) in [6.07, 6.45) is 1.31. The summed E-state index contributed by atoms with van der Waals surface area (Å²) in [6, 6.07) is 4.69. The summed E-state index contributed by atoms with van der Waals surface area (Å²) >= 11 is 0. The maximum atomic E-state index is 13.7. The molecule has 2 N–H and O–H groups in total. The van der Waals surface area contributed by atoms with Crippen molar-refractivity contribution in [3.05, 3.63) is 35.6 Å². The largest absolute Gasteiger partial charge is 0.444 e. The summed E-state index contributed by atoms with van der Waals surface area (Å²) in [6.45, 7) is 12.8. The van der Waals surface area contributed by atoms with Gasteiger partial charge < -0.3 is 25.0 Å². The van der Waals surface area contributed by atoms with E-state index in [0.29, 0.717) is 26.2 Å². The first-order chi connectivity index (χ1) is 17.8. The minimum absolute atomic E-state index is 0.00851. The maximum absolute atomic E-state index is 13.7. The lowest BCUT2D eigenvalue weighted by Gasteiger charge is -2.34. The topological polar surface area (TPSA) is 100 Å². The van der Waals surface area contributed by atoms with E-state index in [0.717, 1.165) is 24.8 Å². The van der Waals surface area contributed by atoms with Crippen molar-refractivity contribution >= 4 is 17.9 Å². The lowest BCUT2D eigenvalue weighted by atomic mass is 10.1. The molecule has 0 bridgehead atoms. The molecule has 0 saturated carbocycles. The van der Waals surface area contributed by atoms with Gasteiger partial charge in [-0.05, 0) is 85.0 Å². The molecule has 1 aromatic rings. The quantitative estimate of drug-likeness (QED) is 0.398. The van der Waals surface area contributed by atoms with Crippen LogP contribution >= 0.6 is 0 Å². The molecule has 0 radical (unpaired) electrons. The number of hydrogen-bond donors (Lipinski definition) is 2. The highest BCUT2D eigenvalue weighted by Gasteiger charge is 2.38. The first kappa shape index (κ1) is 31.5. The molecule has 1 heterocycles. The van der Waals surface area contributed by atoms with E-state index < -0.39 is 35.8 Å². The van der Waals surface area contributed by atoms with Crippen LogP contribution in [0.2, 0.25) is 0 Å². The van der Waals surface area contributed by atoms with Gasteiger partial charge in [0.15, 0.2) is 0 Å². The Hall–Kier alpha value is -2.72. The number of nitrogens with one attached hydrogen (secondary N) is 2. The van der Waals surface area contributed by atoms with E-state index in [-0.39, 0.29) is 17.8 Å². The standard InChI is InChI=1S/C28H45FN4O5/c1-8-37-20(3)24(31-25(34)19(2)32(7)27(36)38-28(4,5)6)26(35)33-17-9-10-23(33)18-30-16-15-21-11-13-22(29)14-12-21/h11-14,19-20,23-24,30H,8-10,15-18H2,1-7H3,(H,31,34). The number of rotatable bonds is 12. The molecule has 2 rings (SSSR count). The predicted octanol–water partition coefficient (Wildman–Crippen LogP) is 3.11. The minimum Gasteiger partial charge on any atom is -0.444 e. The van der Waals surface area contributed by atoms with Gasteiger partial charge in [0.25, 0.3) is 0 Å². The van der Waals surface area contributed by atoms with Gasteiger partial charge in [-0.2, -0.15) is 0 Å². The number of carbonyl (C=O) groups excluding carboxylic acids is 3. The average Bonchev–Trinajstić information content (AvgIpc) is 3.32. The Morgan fingerprint density at radius 3 is 2.45 bits per heavy atom. The Balaban J connectivity index is 2.01. The number of halogens is 1. The molecule has 1 fully saturated rings. The van der Waals surface area contributed by atoms with Crippen molar-refractivity contribution in [2.45, 2.75) is 90.6 Å². The van der Waals surface area contributed by atoms with Crippen molar-refractivity contribution in [2.24, 2.45) is 0 Å². The molecular weight excluding hydrogens is 491 g/mol. The molecule has 1 saturated heterocycles. The van der Waals surface area contributed by atoms with Crippen LogP contribution in [0.3, 0.4) is 0 Å². The van der Waals surface area contributed by atoms with Gasteiger partial charge >= 0.3 is 6.09 Å². The Kier molecular flexibility index (Phi) is 12.0. The predicted molar refractivity (Wildman–Crippen MR) is 144 cm³/mol. The minimum atomic E-state index is -0.892. The second kappa shape index (κ2) is 14.4. The number of likely N-dealkylation sites (N-methyl/N-ethyl adjacent to an activating group) is 1. The van der Waals surface area contributed by atoms with Gasteiger partial charge in [-0.3, -0.25) is 14.5 Å². The summed E-state index contributed by atoms with van der Waals surface area (Å²) in [5.74, 6) is -0.915. The maximum Gasteiger partial charge on any atom is 0.410 e. The lowest BCUT2D eigenvalue weighted by Crippen LogP contribution is -2.59. The van der Waals surface area contributed by atoms with E-state index in [1.165, 1.54) is 24.1 Å². The fraction of sp³-hybridized carbons (Fsp3) is 0.679. The summed E-state index contributed by atoms with van der Waals surface area (Å²) in [5, 5.41) is 6.24. The van der Waals surface area contributed by atoms with Crippen molar-refractivity contribution in [3.8, 4) is 0 Å². The summed E-state index contributed by atoms with van der Waals surface area (Å²) in [7, 11) is 1.50. The number of hydrogen-bond acceptors (Lipinski definition) is 6. The highest BCUT2D eigenvalue weighted by molar-refractivity contribution is 5.91. The van der Waals surface area contributed by atoms with E-state index in [4.69, 9.17) is 9.47 Å². The number of likely N-dealkylation sites (tertiary alicyclic amines) is 1. The van der Waals surface area contributed by atoms with E-state index >= 15 is 0 Å². The molecule has 214 valence electrons. The lowest BCUT2D eigenvalue weighted by molar-refractivity contribution is -0.142. The number of ether oxygens (including phenoxy) is 2. The molecule has 10 heteroatoms. The van der Waals surface area contributed by atoms with Gasteiger partial charge in [0.05, 0.1) is 6.10 Å². The molecule has 0 aromatic heterocycles. The van der Waals surface area contributed by atoms with Crippen molar-refractivity contribution in [1.29, 1.82) is 0 Å². The molecule has 3 amide bonds. The molecule has 38 heavy (non-hydrogen) atoms. The van der Waals surface area contributed by atoms with E-state index in [9.17, 15) is 18.8 Å². The van der Waals surface area contributed by atoms with E-state index in [1.54, 1.807) is 46.8 Å². The second-order valence-electron chi connectivity index (χ2n) is 10.8. The SMILES string of the molecule is CCOC(C)C(NC(=O)C(C)N(C)C(=O)OC(C)(C)C)C(=O)N1CCCC1CNCCc1ccc(F)cc1. The number of benzene rings is 1. The molecule has 1 aliphatic heterocycles. The molecule has 4 unspecified atom stereocenters. The zero-order chi connectivity index (χ0) is 28.5. The number of carbonyl (C=O) groups is 3. The second-order valence-corrected chi connectivity index (χ2v) is 10.8. The van der Waals surface area contributed by atoms with Crippen LogP contribution in [0.1, 0.15) is 59.9 Å². The van der Waals surface area contributed by atoms with Crippen molar-refractivity contribution in [2.75, 3.05) is 33.3 Å². The molecule has 4 atom stereocenters. The van der Waals surface area contributed by atoms with Gasteiger partial charge in [-0.25, -0.2) is 9.18 Å². The molecule has 1 aromatic carbocycles. The third-order valence-corrected chi connectivity index (χ3v) is 6.65. The van der Waals surface area contributed by atoms with Gasteiger partial charge in [-0.1, -0.05) is 12.1 Å². The first-order valence-electron chi connectivity index (χ1n) is 13.5. The monoisotopic (exact) mass is 536 g/mol. The average molecular weight is 537 g/mol. The Bertz CT molecular complexity index is 921. The normalized spacial score (nSPS) is 18.0. The van der Waals surface area contributed by atoms with Crippen LogP contribution in [-0.4, -0.2) is 90.8 Å². The summed E-state index contributed by atoms with van der Waals surface area (Å²) in [5.41, 5.74) is 0.346. The molecular formula is C28H45FN4O5. The van der Waals surface area contributed by atoms with Crippen LogP contribution in [0.5, 0.6) is 0 Å². The summed E-state index contributed by atoms with van der Waals surface area (Å²) < 4.78 is 24.2. The smallest absolute Gasteiger partial charge is 0.410 e. The Morgan fingerprint density at radius 1 is 1.18 bits per heavy atom. The van der Waals surface area contributed by atoms with Crippen LogP contribution in [0, 0.1) is 5.82 Å². The van der Waals surface area contributed by atoms with Crippen molar-refractivity contribution < 1.29 is 28.2 Å². The highest BCUT2D eigenvalue weighted by atomic mass is 19.1.